The minimum atomic E-state index is -0.483. The maximum atomic E-state index is 12.4. The molecule has 5 nitrogen and oxygen atoms in total. The Hall–Kier alpha value is -2.24. The molecule has 1 saturated heterocycles. The normalized spacial score (nSPS) is 17.2. The van der Waals surface area contributed by atoms with Crippen molar-refractivity contribution in [1.29, 1.82) is 0 Å². The lowest BCUT2D eigenvalue weighted by Gasteiger charge is -2.32. The molecule has 1 aliphatic rings. The van der Waals surface area contributed by atoms with Crippen molar-refractivity contribution in [2.45, 2.75) is 25.9 Å². The van der Waals surface area contributed by atoms with Crippen molar-refractivity contribution in [3.05, 3.63) is 59.8 Å². The lowest BCUT2D eigenvalue weighted by Crippen LogP contribution is -2.40. The zero-order valence-corrected chi connectivity index (χ0v) is 14.6. The third kappa shape index (κ3) is 4.87. The number of amides is 1. The number of hydrogen-bond acceptors (Lipinski definition) is 4. The van der Waals surface area contributed by atoms with Crippen LogP contribution in [0.5, 0.6) is 0 Å². The summed E-state index contributed by atoms with van der Waals surface area (Å²) in [7, 11) is 0. The van der Waals surface area contributed by atoms with Crippen LogP contribution in [0.4, 0.5) is 5.82 Å². The Morgan fingerprint density at radius 2 is 1.92 bits per heavy atom. The molecule has 1 aromatic heterocycles. The highest BCUT2D eigenvalue weighted by atomic mass is 16.3. The van der Waals surface area contributed by atoms with Crippen LogP contribution in [0.25, 0.3) is 0 Å². The molecule has 0 spiro atoms. The van der Waals surface area contributed by atoms with E-state index in [2.05, 4.69) is 15.2 Å². The Kier molecular flexibility index (Phi) is 5.79. The minimum absolute atomic E-state index is 0.00688. The maximum absolute atomic E-state index is 12.4. The quantitative estimate of drug-likeness (QED) is 0.879. The Morgan fingerprint density at radius 1 is 1.20 bits per heavy atom. The number of anilines is 1. The summed E-state index contributed by atoms with van der Waals surface area (Å²) < 4.78 is 0. The lowest BCUT2D eigenvalue weighted by atomic mass is 9.95. The third-order valence-corrected chi connectivity index (χ3v) is 4.71. The van der Waals surface area contributed by atoms with Crippen molar-refractivity contribution in [1.82, 2.24) is 9.88 Å². The third-order valence-electron chi connectivity index (χ3n) is 4.71. The van der Waals surface area contributed by atoms with Crippen LogP contribution >= 0.6 is 0 Å². The van der Waals surface area contributed by atoms with Gasteiger partial charge in [-0.15, -0.1) is 0 Å². The first-order valence-corrected chi connectivity index (χ1v) is 8.82. The first-order chi connectivity index (χ1) is 12.1. The van der Waals surface area contributed by atoms with E-state index in [0.717, 1.165) is 37.2 Å². The summed E-state index contributed by atoms with van der Waals surface area (Å²) in [6.45, 7) is 4.16. The lowest BCUT2D eigenvalue weighted by molar-refractivity contribution is -0.121. The topological polar surface area (TPSA) is 65.5 Å². The second kappa shape index (κ2) is 8.23. The van der Waals surface area contributed by atoms with E-state index < -0.39 is 6.10 Å². The zero-order valence-electron chi connectivity index (χ0n) is 14.6. The van der Waals surface area contributed by atoms with E-state index in [0.29, 0.717) is 12.4 Å². The molecule has 25 heavy (non-hydrogen) atoms. The highest BCUT2D eigenvalue weighted by Crippen LogP contribution is 2.22. The Balaban J connectivity index is 1.47. The second-order valence-corrected chi connectivity index (χ2v) is 6.65. The average molecular weight is 339 g/mol. The molecule has 0 unspecified atom stereocenters. The van der Waals surface area contributed by atoms with Crippen molar-refractivity contribution in [2.75, 3.05) is 25.0 Å². The van der Waals surface area contributed by atoms with Gasteiger partial charge in [-0.2, -0.15) is 0 Å². The number of carbonyl (C=O) groups excluding carboxylic acids is 1. The number of likely N-dealkylation sites (tertiary alicyclic amines) is 1. The molecule has 0 aliphatic carbocycles. The SMILES string of the molecule is Cc1cccc(NC(=O)C2CCN(C[C@H](O)c3ccccc3)CC2)n1. The number of β-amino-alcohol motifs (C(OH)–C–C–N with tert-alkyl or cyclic N) is 1. The molecule has 1 aliphatic heterocycles. The highest BCUT2D eigenvalue weighted by Gasteiger charge is 2.26. The molecule has 2 N–H and O–H groups in total. The van der Waals surface area contributed by atoms with Crippen LogP contribution in [0.1, 0.15) is 30.2 Å². The summed E-state index contributed by atoms with van der Waals surface area (Å²) in [5, 5.41) is 13.3. The van der Waals surface area contributed by atoms with Gasteiger partial charge in [-0.25, -0.2) is 4.98 Å². The number of pyridine rings is 1. The summed E-state index contributed by atoms with van der Waals surface area (Å²) in [4.78, 5) is 19.0. The standard InChI is InChI=1S/C20H25N3O2/c1-15-6-5-9-19(21-15)22-20(25)17-10-12-23(13-11-17)14-18(24)16-7-3-2-4-8-16/h2-9,17-18,24H,10-14H2,1H3,(H,21,22,25)/t18-/m0/s1. The van der Waals surface area contributed by atoms with Crippen LogP contribution < -0.4 is 5.32 Å². The molecular formula is C20H25N3O2. The fourth-order valence-corrected chi connectivity index (χ4v) is 3.24. The summed E-state index contributed by atoms with van der Waals surface area (Å²) in [6.07, 6.45) is 1.13. The molecule has 5 heteroatoms. The van der Waals surface area contributed by atoms with Gasteiger partial charge in [0.25, 0.3) is 0 Å². The van der Waals surface area contributed by atoms with Crippen molar-refractivity contribution in [3.8, 4) is 0 Å². The van der Waals surface area contributed by atoms with Crippen molar-refractivity contribution >= 4 is 11.7 Å². The molecular weight excluding hydrogens is 314 g/mol. The number of benzene rings is 1. The molecule has 2 aromatic rings. The van der Waals surface area contributed by atoms with Crippen molar-refractivity contribution < 1.29 is 9.90 Å². The van der Waals surface area contributed by atoms with Gasteiger partial charge in [0.05, 0.1) is 6.10 Å². The van der Waals surface area contributed by atoms with E-state index in [1.807, 2.05) is 55.5 Å². The van der Waals surface area contributed by atoms with Crippen LogP contribution in [0, 0.1) is 12.8 Å². The number of rotatable bonds is 5. The first kappa shape index (κ1) is 17.6. The van der Waals surface area contributed by atoms with Crippen LogP contribution in [-0.2, 0) is 4.79 Å². The van der Waals surface area contributed by atoms with Crippen LogP contribution in [-0.4, -0.2) is 40.5 Å². The van der Waals surface area contributed by atoms with Gasteiger partial charge in [-0.1, -0.05) is 36.4 Å². The van der Waals surface area contributed by atoms with E-state index in [9.17, 15) is 9.90 Å². The molecule has 1 amide bonds. The van der Waals surface area contributed by atoms with E-state index in [4.69, 9.17) is 0 Å². The number of aryl methyl sites for hydroxylation is 1. The molecule has 0 bridgehead atoms. The molecule has 1 fully saturated rings. The maximum Gasteiger partial charge on any atom is 0.228 e. The highest BCUT2D eigenvalue weighted by molar-refractivity contribution is 5.91. The molecule has 3 rings (SSSR count). The molecule has 132 valence electrons. The predicted octanol–water partition coefficient (Wildman–Crippen LogP) is 2.77. The van der Waals surface area contributed by atoms with E-state index in [1.54, 1.807) is 0 Å². The molecule has 0 radical (unpaired) electrons. The fraction of sp³-hybridized carbons (Fsp3) is 0.400. The van der Waals surface area contributed by atoms with Crippen LogP contribution in [0.2, 0.25) is 0 Å². The van der Waals surface area contributed by atoms with Crippen LogP contribution in [0.15, 0.2) is 48.5 Å². The van der Waals surface area contributed by atoms with Gasteiger partial charge in [-0.05, 0) is 50.6 Å². The Bertz CT molecular complexity index is 697. The van der Waals surface area contributed by atoms with Gasteiger partial charge < -0.3 is 15.3 Å². The molecule has 1 aromatic carbocycles. The molecule has 1 atom stereocenters. The number of nitrogens with zero attached hydrogens (tertiary/aromatic N) is 2. The van der Waals surface area contributed by atoms with Gasteiger partial charge in [0.2, 0.25) is 5.91 Å². The fourth-order valence-electron chi connectivity index (χ4n) is 3.24. The van der Waals surface area contributed by atoms with Gasteiger partial charge in [0, 0.05) is 18.2 Å². The number of nitrogens with one attached hydrogen (secondary N) is 1. The second-order valence-electron chi connectivity index (χ2n) is 6.65. The smallest absolute Gasteiger partial charge is 0.228 e. The van der Waals surface area contributed by atoms with Crippen molar-refractivity contribution in [3.63, 3.8) is 0 Å². The van der Waals surface area contributed by atoms with E-state index in [1.165, 1.54) is 0 Å². The number of piperidine rings is 1. The van der Waals surface area contributed by atoms with E-state index >= 15 is 0 Å². The van der Waals surface area contributed by atoms with Gasteiger partial charge in [0.1, 0.15) is 5.82 Å². The predicted molar refractivity (Wildman–Crippen MR) is 98.2 cm³/mol. The Labute approximate surface area is 148 Å². The van der Waals surface area contributed by atoms with E-state index in [-0.39, 0.29) is 11.8 Å². The minimum Gasteiger partial charge on any atom is -0.387 e. The number of aromatic nitrogens is 1. The Morgan fingerprint density at radius 3 is 2.60 bits per heavy atom. The number of aliphatic hydroxyl groups excluding tert-OH is 1. The summed E-state index contributed by atoms with van der Waals surface area (Å²) >= 11 is 0. The summed E-state index contributed by atoms with van der Waals surface area (Å²) in [5.74, 6) is 0.667. The van der Waals surface area contributed by atoms with Crippen LogP contribution in [0.3, 0.4) is 0 Å². The first-order valence-electron chi connectivity index (χ1n) is 8.82. The van der Waals surface area contributed by atoms with Gasteiger partial charge in [-0.3, -0.25) is 4.79 Å². The number of carbonyl (C=O) groups is 1. The number of hydrogen-bond donors (Lipinski definition) is 2. The summed E-state index contributed by atoms with van der Waals surface area (Å²) in [6, 6.07) is 15.3. The monoisotopic (exact) mass is 339 g/mol. The number of aliphatic hydroxyl groups is 1. The van der Waals surface area contributed by atoms with Gasteiger partial charge in [0.15, 0.2) is 0 Å². The van der Waals surface area contributed by atoms with Crippen molar-refractivity contribution in [2.24, 2.45) is 5.92 Å². The molecule has 0 saturated carbocycles. The average Bonchev–Trinajstić information content (AvgIpc) is 2.63. The zero-order chi connectivity index (χ0) is 17.6. The van der Waals surface area contributed by atoms with Gasteiger partial charge >= 0.3 is 0 Å². The largest absolute Gasteiger partial charge is 0.387 e. The summed E-state index contributed by atoms with van der Waals surface area (Å²) in [5.41, 5.74) is 1.83. The molecule has 2 heterocycles.